The summed E-state index contributed by atoms with van der Waals surface area (Å²) in [5.74, 6) is -2.65. The lowest BCUT2D eigenvalue weighted by Crippen LogP contribution is -2.50. The molecule has 36 heavy (non-hydrogen) atoms. The second-order valence-electron chi connectivity index (χ2n) is 9.34. The summed E-state index contributed by atoms with van der Waals surface area (Å²) in [6.45, 7) is 15.0. The van der Waals surface area contributed by atoms with E-state index in [1.165, 1.54) is 118 Å². The Labute approximate surface area is 217 Å². The van der Waals surface area contributed by atoms with Gasteiger partial charge >= 0.3 is 5.97 Å². The van der Waals surface area contributed by atoms with Crippen LogP contribution in [0.5, 0.6) is 11.5 Å². The molecule has 2 aromatic rings. The fraction of sp³-hybridized carbons (Fsp3) is 0.533. The van der Waals surface area contributed by atoms with Crippen LogP contribution >= 0.6 is 0 Å². The zero-order chi connectivity index (χ0) is 26.8. The summed E-state index contributed by atoms with van der Waals surface area (Å²) in [6.07, 6.45) is 11.1. The number of phenols is 1. The molecule has 2 aromatic carbocycles. The number of carbonyl (C=O) groups is 2. The van der Waals surface area contributed by atoms with Crippen LogP contribution in [0.1, 0.15) is 99.8 Å². The van der Waals surface area contributed by atoms with Gasteiger partial charge in [0.2, 0.25) is 0 Å². The zero-order valence-electron chi connectivity index (χ0n) is 22.6. The number of hydrogen-bond acceptors (Lipinski definition) is 5. The second kappa shape index (κ2) is 17.6. The number of rotatable bonds is 15. The lowest BCUT2D eigenvalue weighted by Gasteiger charge is -2.39. The van der Waals surface area contributed by atoms with Crippen molar-refractivity contribution in [2.45, 2.75) is 79.1 Å². The number of carboxylic acid groups (broad SMARTS) is 1. The van der Waals surface area contributed by atoms with E-state index < -0.39 is 11.9 Å². The van der Waals surface area contributed by atoms with Gasteiger partial charge in [0, 0.05) is 5.56 Å². The lowest BCUT2D eigenvalue weighted by molar-refractivity contribution is -0.929. The van der Waals surface area contributed by atoms with Gasteiger partial charge in [0.05, 0.1) is 32.1 Å². The Morgan fingerprint density at radius 3 is 1.56 bits per heavy atom. The van der Waals surface area contributed by atoms with Gasteiger partial charge in [-0.05, 0) is 49.9 Å². The Balaban J connectivity index is 0.000000363. The van der Waals surface area contributed by atoms with Crippen molar-refractivity contribution < 1.29 is 29.0 Å². The standard InChI is InChI=1S/C16H36N.C14H10O5/c1-5-9-13-17(14-10-6-2,15-11-7-3)16-12-8-4;15-11-7-3-1-5-9(11)14(18)19-12-8-4-2-6-10(12)13(16)17/h5-16H2,1-4H3;1-8,15H,(H,16,17)/q+1;/p-1. The SMILES string of the molecule is CCCC[N+](CCCC)(CCCC)CCCC.O=C(Oc1ccccc1C(=O)[O-])c1ccccc1O. The van der Waals surface area contributed by atoms with E-state index in [2.05, 4.69) is 27.7 Å². The number of aromatic carboxylic acids is 1. The van der Waals surface area contributed by atoms with E-state index in [1.54, 1.807) is 12.1 Å². The van der Waals surface area contributed by atoms with E-state index in [0.29, 0.717) is 0 Å². The third-order valence-electron chi connectivity index (χ3n) is 6.38. The fourth-order valence-electron chi connectivity index (χ4n) is 4.17. The average Bonchev–Trinajstić information content (AvgIpc) is 2.88. The number of phenolic OH excluding ortho intramolecular Hbond substituents is 1. The number of para-hydroxylation sites is 2. The molecule has 0 atom stereocenters. The normalized spacial score (nSPS) is 10.9. The Hall–Kier alpha value is -2.86. The molecular formula is C30H45NO5. The summed E-state index contributed by atoms with van der Waals surface area (Å²) in [6, 6.07) is 11.4. The molecule has 0 bridgehead atoms. The molecule has 0 unspecified atom stereocenters. The van der Waals surface area contributed by atoms with Gasteiger partial charge in [-0.15, -0.1) is 0 Å². The lowest BCUT2D eigenvalue weighted by atomic mass is 10.1. The van der Waals surface area contributed by atoms with E-state index in [-0.39, 0.29) is 22.6 Å². The highest BCUT2D eigenvalue weighted by atomic mass is 16.5. The van der Waals surface area contributed by atoms with Gasteiger partial charge in [-0.1, -0.05) is 77.6 Å². The molecular weight excluding hydrogens is 454 g/mol. The second-order valence-corrected chi connectivity index (χ2v) is 9.34. The first-order chi connectivity index (χ1) is 17.3. The maximum absolute atomic E-state index is 11.8. The van der Waals surface area contributed by atoms with Gasteiger partial charge in [-0.3, -0.25) is 0 Å². The number of esters is 1. The molecule has 6 heteroatoms. The number of nitrogens with zero attached hydrogens (tertiary/aromatic N) is 1. The van der Waals surface area contributed by atoms with Gasteiger partial charge in [-0.25, -0.2) is 4.79 Å². The molecule has 200 valence electrons. The minimum Gasteiger partial charge on any atom is -0.545 e. The molecule has 0 heterocycles. The van der Waals surface area contributed by atoms with Crippen LogP contribution in [0.2, 0.25) is 0 Å². The van der Waals surface area contributed by atoms with Crippen LogP contribution < -0.4 is 9.84 Å². The van der Waals surface area contributed by atoms with E-state index in [0.717, 1.165) is 0 Å². The topological polar surface area (TPSA) is 86.7 Å². The molecule has 0 aliphatic carbocycles. The van der Waals surface area contributed by atoms with Crippen molar-refractivity contribution >= 4 is 11.9 Å². The van der Waals surface area contributed by atoms with Crippen LogP contribution in [0.4, 0.5) is 0 Å². The Morgan fingerprint density at radius 1 is 0.722 bits per heavy atom. The van der Waals surface area contributed by atoms with Crippen LogP contribution in [-0.2, 0) is 0 Å². The molecule has 0 saturated carbocycles. The Kier molecular flexibility index (Phi) is 15.2. The zero-order valence-corrected chi connectivity index (χ0v) is 22.6. The molecule has 0 saturated heterocycles. The van der Waals surface area contributed by atoms with E-state index >= 15 is 0 Å². The van der Waals surface area contributed by atoms with E-state index in [1.807, 2.05) is 0 Å². The molecule has 6 nitrogen and oxygen atoms in total. The van der Waals surface area contributed by atoms with Crippen LogP contribution in [0.25, 0.3) is 0 Å². The predicted octanol–water partition coefficient (Wildman–Crippen LogP) is 5.98. The Morgan fingerprint density at radius 2 is 1.14 bits per heavy atom. The highest BCUT2D eigenvalue weighted by molar-refractivity contribution is 5.96. The molecule has 0 aliphatic heterocycles. The quantitative estimate of drug-likeness (QED) is 0.185. The van der Waals surface area contributed by atoms with Crippen LogP contribution in [-0.4, -0.2) is 47.7 Å². The maximum Gasteiger partial charge on any atom is 0.347 e. The first kappa shape index (κ1) is 31.2. The summed E-state index contributed by atoms with van der Waals surface area (Å²) >= 11 is 0. The molecule has 0 aliphatic rings. The first-order valence-electron chi connectivity index (χ1n) is 13.5. The molecule has 0 spiro atoms. The van der Waals surface area contributed by atoms with Gasteiger partial charge in [-0.2, -0.15) is 0 Å². The number of quaternary nitrogens is 1. The first-order valence-corrected chi connectivity index (χ1v) is 13.5. The minimum absolute atomic E-state index is 0.0457. The third kappa shape index (κ3) is 10.8. The summed E-state index contributed by atoms with van der Waals surface area (Å²) in [7, 11) is 0. The number of ether oxygens (including phenoxy) is 1. The molecule has 0 radical (unpaired) electrons. The maximum atomic E-state index is 11.8. The molecule has 0 amide bonds. The van der Waals surface area contributed by atoms with Crippen molar-refractivity contribution in [2.75, 3.05) is 26.2 Å². The highest BCUT2D eigenvalue weighted by Crippen LogP contribution is 2.22. The third-order valence-corrected chi connectivity index (χ3v) is 6.38. The van der Waals surface area contributed by atoms with E-state index in [4.69, 9.17) is 4.74 Å². The average molecular weight is 500 g/mol. The highest BCUT2D eigenvalue weighted by Gasteiger charge is 2.24. The summed E-state index contributed by atoms with van der Waals surface area (Å²) in [5, 5.41) is 20.4. The number of benzene rings is 2. The largest absolute Gasteiger partial charge is 0.545 e. The number of carboxylic acids is 1. The minimum atomic E-state index is -1.44. The number of unbranched alkanes of at least 4 members (excludes halogenated alkanes) is 4. The van der Waals surface area contributed by atoms with Crippen LogP contribution in [0, 0.1) is 0 Å². The summed E-state index contributed by atoms with van der Waals surface area (Å²) < 4.78 is 6.37. The molecule has 0 aromatic heterocycles. The predicted molar refractivity (Wildman–Crippen MR) is 143 cm³/mol. The monoisotopic (exact) mass is 499 g/mol. The van der Waals surface area contributed by atoms with Gasteiger partial charge in [0.15, 0.2) is 0 Å². The number of hydrogen-bond donors (Lipinski definition) is 1. The van der Waals surface area contributed by atoms with Gasteiger partial charge < -0.3 is 24.2 Å². The van der Waals surface area contributed by atoms with Crippen molar-refractivity contribution in [1.82, 2.24) is 0 Å². The molecule has 2 rings (SSSR count). The summed E-state index contributed by atoms with van der Waals surface area (Å²) in [4.78, 5) is 22.7. The van der Waals surface area contributed by atoms with Crippen molar-refractivity contribution in [3.8, 4) is 11.5 Å². The van der Waals surface area contributed by atoms with Crippen LogP contribution in [0.15, 0.2) is 48.5 Å². The van der Waals surface area contributed by atoms with Crippen molar-refractivity contribution in [3.05, 3.63) is 59.7 Å². The molecule has 0 fully saturated rings. The van der Waals surface area contributed by atoms with Crippen molar-refractivity contribution in [1.29, 1.82) is 0 Å². The van der Waals surface area contributed by atoms with E-state index in [9.17, 15) is 19.8 Å². The van der Waals surface area contributed by atoms with Crippen molar-refractivity contribution in [3.63, 3.8) is 0 Å². The number of carbonyl (C=O) groups excluding carboxylic acids is 2. The molecule has 1 N–H and O–H groups in total. The van der Waals surface area contributed by atoms with Gasteiger partial charge in [0.25, 0.3) is 0 Å². The fourth-order valence-corrected chi connectivity index (χ4v) is 4.17. The van der Waals surface area contributed by atoms with Crippen LogP contribution in [0.3, 0.4) is 0 Å². The van der Waals surface area contributed by atoms with Crippen molar-refractivity contribution in [2.24, 2.45) is 0 Å². The van der Waals surface area contributed by atoms with Gasteiger partial charge in [0.1, 0.15) is 17.1 Å². The number of aromatic hydroxyl groups is 1. The smallest absolute Gasteiger partial charge is 0.347 e. The Bertz CT molecular complexity index is 874. The summed E-state index contributed by atoms with van der Waals surface area (Å²) in [5.41, 5.74) is -0.276.